The second-order valence-electron chi connectivity index (χ2n) is 4.26. The highest BCUT2D eigenvalue weighted by molar-refractivity contribution is 7.99. The van der Waals surface area contributed by atoms with Crippen molar-refractivity contribution in [1.82, 2.24) is 0 Å². The van der Waals surface area contributed by atoms with E-state index >= 15 is 0 Å². The maximum atomic E-state index is 10.8. The molecule has 0 aliphatic rings. The van der Waals surface area contributed by atoms with Crippen LogP contribution >= 0.6 is 11.8 Å². The predicted octanol–water partition coefficient (Wildman–Crippen LogP) is 4.55. The van der Waals surface area contributed by atoms with Crippen molar-refractivity contribution in [3.05, 3.63) is 54.1 Å². The van der Waals surface area contributed by atoms with E-state index in [1.807, 2.05) is 23.9 Å². The molecular formula is C16H16O2S. The molecule has 0 aromatic heterocycles. The topological polar surface area (TPSA) is 37.3 Å². The van der Waals surface area contributed by atoms with Crippen molar-refractivity contribution in [2.24, 2.45) is 0 Å². The standard InChI is InChI=1S/C16H16O2S/c1-2-11-19-15-9-7-13(8-10-15)12-3-5-14(6-4-12)16(17)18/h3-10H,2,11H2,1H3,(H,17,18). The summed E-state index contributed by atoms with van der Waals surface area (Å²) >= 11 is 1.85. The Labute approximate surface area is 117 Å². The Balaban J connectivity index is 2.15. The van der Waals surface area contributed by atoms with Crippen molar-refractivity contribution in [2.75, 3.05) is 5.75 Å². The summed E-state index contributed by atoms with van der Waals surface area (Å²) in [4.78, 5) is 12.1. The summed E-state index contributed by atoms with van der Waals surface area (Å²) in [6.45, 7) is 2.17. The van der Waals surface area contributed by atoms with Crippen LogP contribution in [0.2, 0.25) is 0 Å². The van der Waals surface area contributed by atoms with Crippen LogP contribution in [0.15, 0.2) is 53.4 Å². The van der Waals surface area contributed by atoms with E-state index in [0.29, 0.717) is 5.56 Å². The van der Waals surface area contributed by atoms with E-state index < -0.39 is 5.97 Å². The van der Waals surface area contributed by atoms with Gasteiger partial charge in [-0.3, -0.25) is 0 Å². The lowest BCUT2D eigenvalue weighted by atomic mass is 10.0. The van der Waals surface area contributed by atoms with Gasteiger partial charge in [0.25, 0.3) is 0 Å². The van der Waals surface area contributed by atoms with E-state index in [0.717, 1.165) is 16.9 Å². The fourth-order valence-electron chi connectivity index (χ4n) is 1.77. The molecule has 0 spiro atoms. The molecule has 2 rings (SSSR count). The molecule has 0 heterocycles. The largest absolute Gasteiger partial charge is 0.478 e. The summed E-state index contributed by atoms with van der Waals surface area (Å²) < 4.78 is 0. The minimum atomic E-state index is -0.891. The van der Waals surface area contributed by atoms with Crippen LogP contribution in [0.4, 0.5) is 0 Å². The Morgan fingerprint density at radius 1 is 1.00 bits per heavy atom. The number of hydrogen-bond donors (Lipinski definition) is 1. The van der Waals surface area contributed by atoms with Gasteiger partial charge in [0.2, 0.25) is 0 Å². The number of thioether (sulfide) groups is 1. The highest BCUT2D eigenvalue weighted by atomic mass is 32.2. The van der Waals surface area contributed by atoms with Gasteiger partial charge in [-0.2, -0.15) is 0 Å². The normalized spacial score (nSPS) is 10.4. The first-order chi connectivity index (χ1) is 9.20. The van der Waals surface area contributed by atoms with Crippen LogP contribution in [0.5, 0.6) is 0 Å². The van der Waals surface area contributed by atoms with Crippen LogP contribution in [0, 0.1) is 0 Å². The molecule has 2 nitrogen and oxygen atoms in total. The van der Waals surface area contributed by atoms with Gasteiger partial charge in [0.05, 0.1) is 5.56 Å². The first kappa shape index (κ1) is 13.7. The first-order valence-corrected chi connectivity index (χ1v) is 7.26. The van der Waals surface area contributed by atoms with Crippen molar-refractivity contribution < 1.29 is 9.90 Å². The van der Waals surface area contributed by atoms with E-state index in [1.54, 1.807) is 12.1 Å². The third kappa shape index (κ3) is 3.61. The third-order valence-corrected chi connectivity index (χ3v) is 4.01. The average Bonchev–Trinajstić information content (AvgIpc) is 2.46. The minimum Gasteiger partial charge on any atom is -0.478 e. The van der Waals surface area contributed by atoms with E-state index in [4.69, 9.17) is 5.11 Å². The summed E-state index contributed by atoms with van der Waals surface area (Å²) in [6, 6.07) is 15.3. The van der Waals surface area contributed by atoms with Gasteiger partial charge < -0.3 is 5.11 Å². The number of benzene rings is 2. The maximum absolute atomic E-state index is 10.8. The van der Waals surface area contributed by atoms with Crippen LogP contribution in [-0.4, -0.2) is 16.8 Å². The van der Waals surface area contributed by atoms with Crippen molar-refractivity contribution in [2.45, 2.75) is 18.2 Å². The molecule has 0 atom stereocenters. The van der Waals surface area contributed by atoms with Crippen molar-refractivity contribution in [3.8, 4) is 11.1 Å². The van der Waals surface area contributed by atoms with Gasteiger partial charge >= 0.3 is 5.97 Å². The van der Waals surface area contributed by atoms with E-state index in [9.17, 15) is 4.79 Å². The molecule has 0 fully saturated rings. The highest BCUT2D eigenvalue weighted by Gasteiger charge is 2.03. The smallest absolute Gasteiger partial charge is 0.335 e. The summed E-state index contributed by atoms with van der Waals surface area (Å²) in [5.74, 6) is 0.241. The average molecular weight is 272 g/mol. The first-order valence-electron chi connectivity index (χ1n) is 6.27. The van der Waals surface area contributed by atoms with Crippen LogP contribution in [0.25, 0.3) is 11.1 Å². The molecule has 2 aromatic rings. The molecule has 0 saturated carbocycles. The molecule has 0 radical (unpaired) electrons. The molecule has 0 aliphatic heterocycles. The molecule has 1 N–H and O–H groups in total. The van der Waals surface area contributed by atoms with Crippen LogP contribution < -0.4 is 0 Å². The van der Waals surface area contributed by atoms with Crippen molar-refractivity contribution >= 4 is 17.7 Å². The van der Waals surface area contributed by atoms with E-state index in [-0.39, 0.29) is 0 Å². The SMILES string of the molecule is CCCSc1ccc(-c2ccc(C(=O)O)cc2)cc1. The molecule has 3 heteroatoms. The quantitative estimate of drug-likeness (QED) is 0.811. The molecule has 0 unspecified atom stereocenters. The van der Waals surface area contributed by atoms with Gasteiger partial charge in [-0.1, -0.05) is 31.2 Å². The molecule has 19 heavy (non-hydrogen) atoms. The van der Waals surface area contributed by atoms with Gasteiger partial charge in [0.1, 0.15) is 0 Å². The number of hydrogen-bond acceptors (Lipinski definition) is 2. The molecule has 0 saturated heterocycles. The molecule has 0 bridgehead atoms. The third-order valence-electron chi connectivity index (χ3n) is 2.79. The molecule has 2 aromatic carbocycles. The van der Waals surface area contributed by atoms with E-state index in [1.165, 1.54) is 11.3 Å². The summed E-state index contributed by atoms with van der Waals surface area (Å²) in [5.41, 5.74) is 2.47. The van der Waals surface area contributed by atoms with Gasteiger partial charge in [-0.25, -0.2) is 4.79 Å². The Hall–Kier alpha value is -1.74. The van der Waals surface area contributed by atoms with Gasteiger partial charge in [0.15, 0.2) is 0 Å². The van der Waals surface area contributed by atoms with Crippen LogP contribution in [0.3, 0.4) is 0 Å². The summed E-state index contributed by atoms with van der Waals surface area (Å²) in [6.07, 6.45) is 1.17. The number of aromatic carboxylic acids is 1. The van der Waals surface area contributed by atoms with Crippen molar-refractivity contribution in [1.29, 1.82) is 0 Å². The second-order valence-corrected chi connectivity index (χ2v) is 5.42. The maximum Gasteiger partial charge on any atom is 0.335 e. The number of rotatable bonds is 5. The van der Waals surface area contributed by atoms with E-state index in [2.05, 4.69) is 31.2 Å². The lowest BCUT2D eigenvalue weighted by molar-refractivity contribution is 0.0697. The number of carboxylic acids is 1. The second kappa shape index (κ2) is 6.43. The van der Waals surface area contributed by atoms with Gasteiger partial charge in [-0.15, -0.1) is 11.8 Å². The molecular weight excluding hydrogens is 256 g/mol. The monoisotopic (exact) mass is 272 g/mol. The Bertz CT molecular complexity index is 544. The fourth-order valence-corrected chi connectivity index (χ4v) is 2.54. The molecule has 0 aliphatic carbocycles. The lowest BCUT2D eigenvalue weighted by Gasteiger charge is -2.04. The fraction of sp³-hybridized carbons (Fsp3) is 0.188. The Morgan fingerprint density at radius 2 is 1.53 bits per heavy atom. The van der Waals surface area contributed by atoms with Gasteiger partial charge in [-0.05, 0) is 47.6 Å². The molecule has 0 amide bonds. The number of carboxylic acid groups (broad SMARTS) is 1. The van der Waals surface area contributed by atoms with Gasteiger partial charge in [0, 0.05) is 4.90 Å². The summed E-state index contributed by atoms with van der Waals surface area (Å²) in [7, 11) is 0. The molecule has 98 valence electrons. The zero-order valence-corrected chi connectivity index (χ0v) is 11.6. The zero-order chi connectivity index (χ0) is 13.7. The minimum absolute atomic E-state index is 0.318. The number of carbonyl (C=O) groups is 1. The van der Waals surface area contributed by atoms with Crippen molar-refractivity contribution in [3.63, 3.8) is 0 Å². The summed E-state index contributed by atoms with van der Waals surface area (Å²) in [5, 5.41) is 8.86. The Kier molecular flexibility index (Phi) is 4.63. The Morgan fingerprint density at radius 3 is 2.00 bits per heavy atom. The highest BCUT2D eigenvalue weighted by Crippen LogP contribution is 2.24. The predicted molar refractivity (Wildman–Crippen MR) is 79.9 cm³/mol. The van der Waals surface area contributed by atoms with Crippen LogP contribution in [-0.2, 0) is 0 Å². The van der Waals surface area contributed by atoms with Crippen LogP contribution in [0.1, 0.15) is 23.7 Å². The lowest BCUT2D eigenvalue weighted by Crippen LogP contribution is -1.94. The zero-order valence-electron chi connectivity index (χ0n) is 10.8.